The molecule has 0 aliphatic rings. The molecule has 58 heavy (non-hydrogen) atoms. The van der Waals surface area contributed by atoms with Crippen LogP contribution >= 0.6 is 0 Å². The van der Waals surface area contributed by atoms with Crippen LogP contribution in [-0.2, 0) is 0 Å². The van der Waals surface area contributed by atoms with Gasteiger partial charge in [0, 0.05) is 33.5 Å². The van der Waals surface area contributed by atoms with Gasteiger partial charge in [0.1, 0.15) is 0 Å². The normalized spacial score (nSPS) is 11.4. The molecule has 0 atom stereocenters. The van der Waals surface area contributed by atoms with E-state index in [1.807, 2.05) is 0 Å². The number of para-hydroxylation sites is 2. The largest absolute Gasteiger partial charge is 0.310 e. The number of nitrogens with zero attached hydrogens (tertiary/aromatic N) is 2. The first-order valence-corrected chi connectivity index (χ1v) is 19.9. The van der Waals surface area contributed by atoms with Gasteiger partial charge in [-0.3, -0.25) is 0 Å². The van der Waals surface area contributed by atoms with Crippen molar-refractivity contribution in [3.8, 4) is 39.1 Å². The van der Waals surface area contributed by atoms with E-state index in [9.17, 15) is 0 Å². The molecule has 0 amide bonds. The average molecular weight is 739 g/mol. The van der Waals surface area contributed by atoms with Gasteiger partial charge in [0.25, 0.3) is 0 Å². The SMILES string of the molecule is c1ccc(-c2cccc(N(c3ccc4cc(-c5ccc6ccc(-c7ccccc7)cc6c5)ccc4c3)c3ccc4c(c3)c3ccccc3n4-c3ccccc3)c2)cc1. The molecule has 1 aromatic heterocycles. The van der Waals surface area contributed by atoms with Crippen molar-refractivity contribution in [3.05, 3.63) is 231 Å². The third-order valence-electron chi connectivity index (χ3n) is 11.5. The standard InChI is InChI=1S/C56H38N2/c1-4-13-39(14-5-1)42-17-12-20-50(36-42)57(52-31-32-56-54(38-52)53-21-10-11-22-55(53)58(56)49-18-8-3-9-19-49)51-30-29-46-33-44(27-28-47(46)37-51)45-26-24-41-23-25-43(34-48(41)35-45)40-15-6-2-7-16-40/h1-38H. The Bertz CT molecular complexity index is 3270. The van der Waals surface area contributed by atoms with Crippen molar-refractivity contribution in [2.24, 2.45) is 0 Å². The molecule has 0 fully saturated rings. The highest BCUT2D eigenvalue weighted by atomic mass is 15.1. The van der Waals surface area contributed by atoms with Gasteiger partial charge in [0.2, 0.25) is 0 Å². The minimum Gasteiger partial charge on any atom is -0.310 e. The number of anilines is 3. The lowest BCUT2D eigenvalue weighted by atomic mass is 9.96. The summed E-state index contributed by atoms with van der Waals surface area (Å²) >= 11 is 0. The molecular weight excluding hydrogens is 701 g/mol. The van der Waals surface area contributed by atoms with Crippen LogP contribution in [0.25, 0.3) is 82.4 Å². The Morgan fingerprint density at radius 1 is 0.259 bits per heavy atom. The molecule has 11 rings (SSSR count). The Morgan fingerprint density at radius 3 is 1.47 bits per heavy atom. The number of aromatic nitrogens is 1. The molecule has 0 radical (unpaired) electrons. The minimum absolute atomic E-state index is 1.11. The summed E-state index contributed by atoms with van der Waals surface area (Å²) < 4.78 is 2.38. The van der Waals surface area contributed by atoms with Crippen LogP contribution in [0.3, 0.4) is 0 Å². The molecule has 2 heteroatoms. The average Bonchev–Trinajstić information content (AvgIpc) is 3.63. The van der Waals surface area contributed by atoms with Gasteiger partial charge < -0.3 is 9.47 Å². The summed E-state index contributed by atoms with van der Waals surface area (Å²) in [5.74, 6) is 0. The second-order valence-electron chi connectivity index (χ2n) is 15.0. The van der Waals surface area contributed by atoms with Crippen LogP contribution in [0.15, 0.2) is 231 Å². The summed E-state index contributed by atoms with van der Waals surface area (Å²) in [6.07, 6.45) is 0. The topological polar surface area (TPSA) is 8.17 Å². The quantitative estimate of drug-likeness (QED) is 0.158. The molecule has 0 bridgehead atoms. The zero-order chi connectivity index (χ0) is 38.4. The highest BCUT2D eigenvalue weighted by molar-refractivity contribution is 6.11. The van der Waals surface area contributed by atoms with Gasteiger partial charge in [0.05, 0.1) is 11.0 Å². The molecule has 0 saturated heterocycles. The molecule has 11 aromatic rings. The number of rotatable bonds is 7. The Labute approximate surface area is 338 Å². The van der Waals surface area contributed by atoms with Crippen LogP contribution in [0.1, 0.15) is 0 Å². The molecule has 0 saturated carbocycles. The predicted molar refractivity (Wildman–Crippen MR) is 247 cm³/mol. The summed E-state index contributed by atoms with van der Waals surface area (Å²) in [6.45, 7) is 0. The minimum atomic E-state index is 1.11. The van der Waals surface area contributed by atoms with Gasteiger partial charge >= 0.3 is 0 Å². The molecule has 0 unspecified atom stereocenters. The summed E-state index contributed by atoms with van der Waals surface area (Å²) in [5, 5.41) is 7.34. The highest BCUT2D eigenvalue weighted by Crippen LogP contribution is 2.42. The molecule has 1 heterocycles. The lowest BCUT2D eigenvalue weighted by Gasteiger charge is -2.26. The fourth-order valence-corrected chi connectivity index (χ4v) is 8.65. The van der Waals surface area contributed by atoms with Crippen LogP contribution in [0, 0.1) is 0 Å². The van der Waals surface area contributed by atoms with E-state index in [1.165, 1.54) is 76.7 Å². The van der Waals surface area contributed by atoms with Crippen LogP contribution < -0.4 is 4.90 Å². The van der Waals surface area contributed by atoms with Crippen LogP contribution in [0.2, 0.25) is 0 Å². The van der Waals surface area contributed by atoms with E-state index in [2.05, 4.69) is 240 Å². The molecule has 0 spiro atoms. The lowest BCUT2D eigenvalue weighted by molar-refractivity contribution is 1.18. The molecule has 0 N–H and O–H groups in total. The van der Waals surface area contributed by atoms with Gasteiger partial charge in [-0.2, -0.15) is 0 Å². The Kier molecular flexibility index (Phi) is 8.19. The van der Waals surface area contributed by atoms with Crippen LogP contribution in [0.5, 0.6) is 0 Å². The Balaban J connectivity index is 1.03. The maximum Gasteiger partial charge on any atom is 0.0542 e. The number of hydrogen-bond donors (Lipinski definition) is 0. The van der Waals surface area contributed by atoms with Crippen molar-refractivity contribution in [1.82, 2.24) is 4.57 Å². The number of fused-ring (bicyclic) bond motifs is 5. The van der Waals surface area contributed by atoms with Crippen molar-refractivity contribution in [2.75, 3.05) is 4.90 Å². The lowest BCUT2D eigenvalue weighted by Crippen LogP contribution is -2.10. The molecule has 0 aliphatic heterocycles. The first-order chi connectivity index (χ1) is 28.7. The summed E-state index contributed by atoms with van der Waals surface area (Å²) in [6, 6.07) is 83.8. The van der Waals surface area contributed by atoms with Gasteiger partial charge in [-0.05, 0) is 134 Å². The van der Waals surface area contributed by atoms with Gasteiger partial charge in [-0.1, -0.05) is 152 Å². The van der Waals surface area contributed by atoms with E-state index in [-0.39, 0.29) is 0 Å². The third kappa shape index (κ3) is 6.00. The number of benzene rings is 10. The summed E-state index contributed by atoms with van der Waals surface area (Å²) in [7, 11) is 0. The predicted octanol–water partition coefficient (Wildman–Crippen LogP) is 15.6. The summed E-state index contributed by atoms with van der Waals surface area (Å²) in [4.78, 5) is 2.40. The van der Waals surface area contributed by atoms with Crippen molar-refractivity contribution in [2.45, 2.75) is 0 Å². The molecular formula is C56H38N2. The molecule has 0 aliphatic carbocycles. The van der Waals surface area contributed by atoms with Gasteiger partial charge in [-0.15, -0.1) is 0 Å². The van der Waals surface area contributed by atoms with E-state index in [0.717, 1.165) is 22.7 Å². The van der Waals surface area contributed by atoms with Gasteiger partial charge in [0.15, 0.2) is 0 Å². The van der Waals surface area contributed by atoms with E-state index < -0.39 is 0 Å². The third-order valence-corrected chi connectivity index (χ3v) is 11.5. The maximum absolute atomic E-state index is 2.40. The van der Waals surface area contributed by atoms with Crippen molar-refractivity contribution in [1.29, 1.82) is 0 Å². The van der Waals surface area contributed by atoms with Crippen molar-refractivity contribution in [3.63, 3.8) is 0 Å². The molecule has 10 aromatic carbocycles. The molecule has 2 nitrogen and oxygen atoms in total. The first kappa shape index (κ1) is 33.6. The first-order valence-electron chi connectivity index (χ1n) is 19.9. The maximum atomic E-state index is 2.40. The molecule has 272 valence electrons. The van der Waals surface area contributed by atoms with Crippen molar-refractivity contribution >= 4 is 60.4 Å². The fourth-order valence-electron chi connectivity index (χ4n) is 8.65. The Morgan fingerprint density at radius 2 is 0.741 bits per heavy atom. The Hall–Kier alpha value is -7.68. The second kappa shape index (κ2) is 14.1. The van der Waals surface area contributed by atoms with E-state index in [4.69, 9.17) is 0 Å². The number of hydrogen-bond acceptors (Lipinski definition) is 1. The second-order valence-corrected chi connectivity index (χ2v) is 15.0. The zero-order valence-corrected chi connectivity index (χ0v) is 31.8. The fraction of sp³-hybridized carbons (Fsp3) is 0. The smallest absolute Gasteiger partial charge is 0.0542 e. The van der Waals surface area contributed by atoms with Crippen molar-refractivity contribution < 1.29 is 0 Å². The van der Waals surface area contributed by atoms with Gasteiger partial charge in [-0.25, -0.2) is 0 Å². The highest BCUT2D eigenvalue weighted by Gasteiger charge is 2.18. The van der Waals surface area contributed by atoms with E-state index in [1.54, 1.807) is 0 Å². The summed E-state index contributed by atoms with van der Waals surface area (Å²) in [5.41, 5.74) is 14.1. The van der Waals surface area contributed by atoms with E-state index >= 15 is 0 Å². The van der Waals surface area contributed by atoms with Crippen LogP contribution in [0.4, 0.5) is 17.1 Å². The monoisotopic (exact) mass is 738 g/mol. The van der Waals surface area contributed by atoms with Crippen LogP contribution in [-0.4, -0.2) is 4.57 Å². The zero-order valence-electron chi connectivity index (χ0n) is 31.8. The van der Waals surface area contributed by atoms with E-state index in [0.29, 0.717) is 0 Å².